The van der Waals surface area contributed by atoms with Gasteiger partial charge in [0.25, 0.3) is 5.91 Å². The molecular formula is C18H30Cl2N4O. The molecule has 2 heterocycles. The van der Waals surface area contributed by atoms with Crippen LogP contribution in [0.5, 0.6) is 0 Å². The van der Waals surface area contributed by atoms with Crippen molar-refractivity contribution in [2.45, 2.75) is 57.5 Å². The van der Waals surface area contributed by atoms with Gasteiger partial charge in [-0.3, -0.25) is 4.79 Å². The first-order valence-corrected chi connectivity index (χ1v) is 8.89. The molecule has 25 heavy (non-hydrogen) atoms. The van der Waals surface area contributed by atoms with E-state index in [1.807, 2.05) is 12.1 Å². The highest BCUT2D eigenvalue weighted by Crippen LogP contribution is 2.21. The van der Waals surface area contributed by atoms with Crippen molar-refractivity contribution < 1.29 is 4.79 Å². The van der Waals surface area contributed by atoms with Crippen molar-refractivity contribution in [3.63, 3.8) is 0 Å². The maximum Gasteiger partial charge on any atom is 0.253 e. The third-order valence-electron chi connectivity index (χ3n) is 5.22. The van der Waals surface area contributed by atoms with Crippen LogP contribution in [0, 0.1) is 5.92 Å². The Balaban J connectivity index is 0.00000156. The van der Waals surface area contributed by atoms with Crippen molar-refractivity contribution >= 4 is 36.5 Å². The Morgan fingerprint density at radius 2 is 1.76 bits per heavy atom. The molecule has 3 rings (SSSR count). The topological polar surface area (TPSA) is 71.2 Å². The number of carbonyl (C=O) groups is 1. The molecular weight excluding hydrogens is 359 g/mol. The van der Waals surface area contributed by atoms with Crippen molar-refractivity contribution in [2.24, 2.45) is 11.7 Å². The molecule has 142 valence electrons. The molecule has 1 aromatic rings. The van der Waals surface area contributed by atoms with Crippen LogP contribution in [0.25, 0.3) is 0 Å². The van der Waals surface area contributed by atoms with Gasteiger partial charge in [0.15, 0.2) is 0 Å². The number of halogens is 2. The van der Waals surface area contributed by atoms with Gasteiger partial charge in [0, 0.05) is 31.4 Å². The summed E-state index contributed by atoms with van der Waals surface area (Å²) in [6.45, 7) is 4.42. The number of amides is 1. The van der Waals surface area contributed by atoms with Gasteiger partial charge in [-0.25, -0.2) is 4.98 Å². The van der Waals surface area contributed by atoms with Crippen LogP contribution in [-0.2, 0) is 0 Å². The molecule has 1 aliphatic heterocycles. The Labute approximate surface area is 163 Å². The van der Waals surface area contributed by atoms with Crippen LogP contribution in [0.2, 0.25) is 0 Å². The van der Waals surface area contributed by atoms with E-state index in [2.05, 4.69) is 22.1 Å². The molecule has 3 N–H and O–H groups in total. The molecule has 2 fully saturated rings. The molecule has 1 aromatic heterocycles. The van der Waals surface area contributed by atoms with E-state index in [1.165, 1.54) is 12.8 Å². The van der Waals surface area contributed by atoms with E-state index < -0.39 is 0 Å². The van der Waals surface area contributed by atoms with Gasteiger partial charge in [-0.05, 0) is 56.6 Å². The quantitative estimate of drug-likeness (QED) is 0.833. The number of piperidine rings is 1. The SMILES string of the molecule is CC1CCN(c2ccc(C(=O)NC3CCC(N)CC3)cn2)CC1.Cl.Cl. The molecule has 0 atom stereocenters. The summed E-state index contributed by atoms with van der Waals surface area (Å²) >= 11 is 0. The van der Waals surface area contributed by atoms with Crippen LogP contribution in [0.3, 0.4) is 0 Å². The highest BCUT2D eigenvalue weighted by atomic mass is 35.5. The van der Waals surface area contributed by atoms with E-state index in [4.69, 9.17) is 5.73 Å². The number of nitrogens with two attached hydrogens (primary N) is 1. The first-order chi connectivity index (χ1) is 11.1. The Morgan fingerprint density at radius 1 is 1.12 bits per heavy atom. The average Bonchev–Trinajstić information content (AvgIpc) is 2.58. The third kappa shape index (κ3) is 6.01. The molecule has 7 heteroatoms. The van der Waals surface area contributed by atoms with Crippen LogP contribution >= 0.6 is 24.8 Å². The van der Waals surface area contributed by atoms with Crippen molar-refractivity contribution in [3.05, 3.63) is 23.9 Å². The number of pyridine rings is 1. The first-order valence-electron chi connectivity index (χ1n) is 8.89. The number of hydrogen-bond donors (Lipinski definition) is 2. The van der Waals surface area contributed by atoms with Gasteiger partial charge in [0.1, 0.15) is 5.82 Å². The molecule has 2 aliphatic rings. The summed E-state index contributed by atoms with van der Waals surface area (Å²) in [7, 11) is 0. The molecule has 0 aromatic carbocycles. The maximum absolute atomic E-state index is 12.3. The smallest absolute Gasteiger partial charge is 0.253 e. The van der Waals surface area contributed by atoms with Crippen molar-refractivity contribution in [3.8, 4) is 0 Å². The molecule has 1 amide bonds. The zero-order chi connectivity index (χ0) is 16.2. The Morgan fingerprint density at radius 3 is 2.32 bits per heavy atom. The average molecular weight is 389 g/mol. The van der Waals surface area contributed by atoms with E-state index in [0.717, 1.165) is 50.5 Å². The molecule has 0 radical (unpaired) electrons. The van der Waals surface area contributed by atoms with E-state index in [9.17, 15) is 4.79 Å². The number of nitrogens with zero attached hydrogens (tertiary/aromatic N) is 2. The molecule has 1 saturated carbocycles. The van der Waals surface area contributed by atoms with Gasteiger partial charge in [-0.15, -0.1) is 24.8 Å². The van der Waals surface area contributed by atoms with Gasteiger partial charge in [-0.2, -0.15) is 0 Å². The summed E-state index contributed by atoms with van der Waals surface area (Å²) in [5, 5.41) is 3.11. The Kier molecular flexibility index (Phi) is 8.97. The second-order valence-corrected chi connectivity index (χ2v) is 7.16. The van der Waals surface area contributed by atoms with E-state index >= 15 is 0 Å². The lowest BCUT2D eigenvalue weighted by molar-refractivity contribution is 0.0925. The van der Waals surface area contributed by atoms with E-state index in [-0.39, 0.29) is 36.8 Å². The van der Waals surface area contributed by atoms with Crippen LogP contribution in [0.15, 0.2) is 18.3 Å². The van der Waals surface area contributed by atoms with Gasteiger partial charge in [-0.1, -0.05) is 6.92 Å². The van der Waals surface area contributed by atoms with Gasteiger partial charge in [0.05, 0.1) is 5.56 Å². The van der Waals surface area contributed by atoms with Crippen molar-refractivity contribution in [1.29, 1.82) is 0 Å². The lowest BCUT2D eigenvalue weighted by Crippen LogP contribution is -2.40. The largest absolute Gasteiger partial charge is 0.357 e. The lowest BCUT2D eigenvalue weighted by Gasteiger charge is -2.31. The standard InChI is InChI=1S/C18H28N4O.2ClH/c1-13-8-10-22(11-9-13)17-7-2-14(12-20-17)18(23)21-16-5-3-15(19)4-6-16;;/h2,7,12-13,15-16H,3-6,8-11,19H2,1H3,(H,21,23);2*1H. The molecule has 0 unspecified atom stereocenters. The number of nitrogens with one attached hydrogen (secondary N) is 1. The highest BCUT2D eigenvalue weighted by Gasteiger charge is 2.21. The van der Waals surface area contributed by atoms with Crippen LogP contribution < -0.4 is 16.0 Å². The second kappa shape index (κ2) is 10.2. The number of hydrogen-bond acceptors (Lipinski definition) is 4. The minimum atomic E-state index is -0.0169. The zero-order valence-corrected chi connectivity index (χ0v) is 16.5. The number of anilines is 1. The highest BCUT2D eigenvalue weighted by molar-refractivity contribution is 5.94. The lowest BCUT2D eigenvalue weighted by atomic mass is 9.91. The zero-order valence-electron chi connectivity index (χ0n) is 14.8. The predicted octanol–water partition coefficient (Wildman–Crippen LogP) is 3.16. The van der Waals surface area contributed by atoms with Crippen molar-refractivity contribution in [2.75, 3.05) is 18.0 Å². The van der Waals surface area contributed by atoms with Gasteiger partial charge >= 0.3 is 0 Å². The first kappa shape index (κ1) is 22.0. The fourth-order valence-corrected chi connectivity index (χ4v) is 3.48. The number of aromatic nitrogens is 1. The Bertz CT molecular complexity index is 524. The predicted molar refractivity (Wildman–Crippen MR) is 107 cm³/mol. The minimum Gasteiger partial charge on any atom is -0.357 e. The third-order valence-corrected chi connectivity index (χ3v) is 5.22. The fraction of sp³-hybridized carbons (Fsp3) is 0.667. The summed E-state index contributed by atoms with van der Waals surface area (Å²) in [4.78, 5) is 19.1. The summed E-state index contributed by atoms with van der Waals surface area (Å²) in [5.74, 6) is 1.77. The molecule has 0 spiro atoms. The Hall–Kier alpha value is -1.04. The molecule has 5 nitrogen and oxygen atoms in total. The maximum atomic E-state index is 12.3. The molecule has 1 aliphatic carbocycles. The van der Waals surface area contributed by atoms with E-state index in [0.29, 0.717) is 11.6 Å². The monoisotopic (exact) mass is 388 g/mol. The number of rotatable bonds is 3. The van der Waals surface area contributed by atoms with Crippen LogP contribution in [0.1, 0.15) is 55.8 Å². The summed E-state index contributed by atoms with van der Waals surface area (Å²) < 4.78 is 0. The normalized spacial score (nSPS) is 24.0. The van der Waals surface area contributed by atoms with E-state index in [1.54, 1.807) is 6.20 Å². The van der Waals surface area contributed by atoms with Gasteiger partial charge < -0.3 is 16.0 Å². The molecule has 1 saturated heterocycles. The summed E-state index contributed by atoms with van der Waals surface area (Å²) in [5.41, 5.74) is 6.55. The summed E-state index contributed by atoms with van der Waals surface area (Å²) in [6, 6.07) is 4.42. The van der Waals surface area contributed by atoms with Crippen LogP contribution in [-0.4, -0.2) is 36.1 Å². The van der Waals surface area contributed by atoms with Crippen molar-refractivity contribution in [1.82, 2.24) is 10.3 Å². The van der Waals surface area contributed by atoms with Gasteiger partial charge in [0.2, 0.25) is 0 Å². The van der Waals surface area contributed by atoms with Crippen LogP contribution in [0.4, 0.5) is 5.82 Å². The minimum absolute atomic E-state index is 0. The second-order valence-electron chi connectivity index (χ2n) is 7.16. The summed E-state index contributed by atoms with van der Waals surface area (Å²) in [6.07, 6.45) is 8.08. The number of carbonyl (C=O) groups excluding carboxylic acids is 1. The molecule has 0 bridgehead atoms. The fourth-order valence-electron chi connectivity index (χ4n) is 3.48.